The molecule has 0 fully saturated rings. The molecule has 20 aromatic rings. The van der Waals surface area contributed by atoms with Crippen molar-refractivity contribution < 1.29 is 14.4 Å². The molecule has 0 spiro atoms. The minimum atomic E-state index is -0.0148. The van der Waals surface area contributed by atoms with E-state index in [0.717, 1.165) is 83.2 Å². The number of fused-ring (bicyclic) bond motifs is 15. The van der Waals surface area contributed by atoms with Crippen LogP contribution >= 0.6 is 0 Å². The van der Waals surface area contributed by atoms with Crippen LogP contribution in [0.25, 0.3) is 127 Å². The summed E-state index contributed by atoms with van der Waals surface area (Å²) in [6.07, 6.45) is 6.39. The highest BCUT2D eigenvalue weighted by Gasteiger charge is 2.24. The second-order valence-electron chi connectivity index (χ2n) is 25.5. The van der Waals surface area contributed by atoms with E-state index < -0.39 is 0 Å². The van der Waals surface area contributed by atoms with Gasteiger partial charge in [0.1, 0.15) is 0 Å². The molecule has 0 N–H and O–H groups in total. The summed E-state index contributed by atoms with van der Waals surface area (Å²) in [4.78, 5) is 39.7. The number of benzene rings is 14. The molecule has 0 aliphatic heterocycles. The Kier molecular flexibility index (Phi) is 15.1. The zero-order valence-electron chi connectivity index (χ0n) is 55.2. The van der Waals surface area contributed by atoms with Crippen LogP contribution in [0.4, 0.5) is 0 Å². The fraction of sp³-hybridized carbons (Fsp3) is 0. The van der Waals surface area contributed by atoms with Gasteiger partial charge in [-0.3, -0.25) is 19.0 Å². The maximum atomic E-state index is 13.5. The number of para-hydroxylation sites is 6. The molecule has 102 heavy (non-hydrogen) atoms. The fourth-order valence-electron chi connectivity index (χ4n) is 15.0. The second-order valence-corrected chi connectivity index (χ2v) is 25.5. The summed E-state index contributed by atoms with van der Waals surface area (Å²) in [5.74, 6) is 0.0456. The van der Waals surface area contributed by atoms with Gasteiger partial charge in [0.25, 0.3) is 5.91 Å². The van der Waals surface area contributed by atoms with Crippen LogP contribution < -0.4 is 0 Å². The van der Waals surface area contributed by atoms with Crippen LogP contribution in [-0.4, -0.2) is 44.9 Å². The van der Waals surface area contributed by atoms with Crippen LogP contribution in [0.2, 0.25) is 0 Å². The van der Waals surface area contributed by atoms with E-state index in [-0.39, 0.29) is 17.5 Å². The maximum Gasteiger partial charge on any atom is 0.262 e. The Balaban J connectivity index is 0.000000110. The van der Waals surface area contributed by atoms with Crippen molar-refractivity contribution in [2.45, 2.75) is 0 Å². The largest absolute Gasteiger partial charge is 0.316 e. The third-order valence-electron chi connectivity index (χ3n) is 19.6. The lowest BCUT2D eigenvalue weighted by atomic mass is 10.0. The maximum absolute atomic E-state index is 13.5. The van der Waals surface area contributed by atoms with E-state index in [1.54, 1.807) is 0 Å². The highest BCUT2D eigenvalue weighted by atomic mass is 16.2. The quantitative estimate of drug-likeness (QED) is 0.128. The number of carbonyl (C=O) groups excluding carboxylic acids is 3. The number of aromatic nitrogens is 6. The van der Waals surface area contributed by atoms with Crippen molar-refractivity contribution in [3.05, 3.63) is 404 Å². The average molecular weight is 1310 g/mol. The summed E-state index contributed by atoms with van der Waals surface area (Å²) in [5.41, 5.74) is 18.7. The molecule has 0 aliphatic carbocycles. The number of ketones is 2. The molecule has 0 atom stereocenters. The lowest BCUT2D eigenvalue weighted by Gasteiger charge is -2.10. The first-order valence-electron chi connectivity index (χ1n) is 34.2. The van der Waals surface area contributed by atoms with E-state index in [9.17, 15) is 14.4 Å². The Morgan fingerprint density at radius 3 is 0.990 bits per heavy atom. The molecule has 0 saturated carbocycles. The Morgan fingerprint density at radius 1 is 0.216 bits per heavy atom. The highest BCUT2D eigenvalue weighted by Crippen LogP contribution is 2.42. The fourth-order valence-corrected chi connectivity index (χ4v) is 15.0. The molecular formula is C93H62N6O3. The third kappa shape index (κ3) is 10.4. The zero-order valence-corrected chi connectivity index (χ0v) is 55.2. The van der Waals surface area contributed by atoms with Crippen molar-refractivity contribution in [3.8, 4) is 28.4 Å². The van der Waals surface area contributed by atoms with Crippen LogP contribution in [0.1, 0.15) is 42.2 Å². The van der Waals surface area contributed by atoms with E-state index in [4.69, 9.17) is 0 Å². The monoisotopic (exact) mass is 1310 g/mol. The van der Waals surface area contributed by atoms with E-state index in [1.165, 1.54) is 43.4 Å². The minimum Gasteiger partial charge on any atom is -0.316 e. The normalized spacial score (nSPS) is 11.5. The Labute approximate surface area is 586 Å². The van der Waals surface area contributed by atoms with E-state index in [0.29, 0.717) is 27.8 Å². The number of hydrogen-bond donors (Lipinski definition) is 0. The molecule has 0 unspecified atom stereocenters. The van der Waals surface area contributed by atoms with Crippen LogP contribution in [0.5, 0.6) is 0 Å². The van der Waals surface area contributed by atoms with Gasteiger partial charge in [0.2, 0.25) is 0 Å². The zero-order chi connectivity index (χ0) is 68.2. The standard InChI is InChI=1S/2C33H22N2O.C27H18N2O/c36-33(24-10-3-1-4-11-24)25-12-9-15-27(22-25)35-29-17-8-7-16-28(29)31-30(35)19-18-23-20-21-34(32(23)31)26-13-5-2-6-14-26;36-33(24-9-3-1-4-10-24)25-15-18-27(19-16-25)35-29-14-8-7-13-28(29)31-30(35)20-17-23-21-22-34(32(23)31)26-11-5-2-6-12-26;30-27(20-9-3-1-4-10-20)29-23-14-8-7-13-22(23)25-24(29)16-15-19-17-18-28(26(19)25)21-11-5-2-6-12-21/h2*1-22H;1-18H. The molecule has 9 nitrogen and oxygen atoms in total. The van der Waals surface area contributed by atoms with Gasteiger partial charge in [-0.05, 0) is 140 Å². The van der Waals surface area contributed by atoms with Gasteiger partial charge < -0.3 is 22.8 Å². The molecule has 0 radical (unpaired) electrons. The molecule has 0 bridgehead atoms. The molecule has 482 valence electrons. The van der Waals surface area contributed by atoms with Crippen molar-refractivity contribution in [2.75, 3.05) is 0 Å². The highest BCUT2D eigenvalue weighted by molar-refractivity contribution is 6.25. The van der Waals surface area contributed by atoms with Crippen molar-refractivity contribution in [1.29, 1.82) is 0 Å². The van der Waals surface area contributed by atoms with Gasteiger partial charge in [-0.2, -0.15) is 0 Å². The SMILES string of the molecule is O=C(c1ccccc1)c1ccc(-n2c3ccccc3c3c4c(ccc32)ccn4-c2ccccc2)cc1.O=C(c1ccccc1)c1cccc(-n2c3ccccc3c3c4c(ccc32)ccn4-c2ccccc2)c1.O=C(c1ccccc1)n1c2ccccc2c2c3c(ccc21)ccn3-c1ccccc1. The lowest BCUT2D eigenvalue weighted by molar-refractivity contribution is 0.0967. The summed E-state index contributed by atoms with van der Waals surface area (Å²) in [7, 11) is 0. The van der Waals surface area contributed by atoms with Gasteiger partial charge in [-0.1, -0.05) is 218 Å². The predicted octanol–water partition coefficient (Wildman–Crippen LogP) is 22.3. The molecule has 6 aromatic heterocycles. The summed E-state index contributed by atoms with van der Waals surface area (Å²) >= 11 is 0. The van der Waals surface area contributed by atoms with E-state index in [2.05, 4.69) is 217 Å². The number of carbonyl (C=O) groups is 3. The molecule has 14 aromatic carbocycles. The first kappa shape index (κ1) is 60.5. The van der Waals surface area contributed by atoms with Crippen LogP contribution in [0.3, 0.4) is 0 Å². The molecule has 0 aliphatic rings. The van der Waals surface area contributed by atoms with Gasteiger partial charge >= 0.3 is 0 Å². The predicted molar refractivity (Wildman–Crippen MR) is 417 cm³/mol. The first-order chi connectivity index (χ1) is 50.4. The van der Waals surface area contributed by atoms with Gasteiger partial charge in [0, 0.05) is 123 Å². The number of hydrogen-bond acceptors (Lipinski definition) is 3. The molecule has 9 heteroatoms. The van der Waals surface area contributed by atoms with E-state index in [1.807, 2.05) is 187 Å². The average Bonchev–Trinajstić information content (AvgIpc) is 1.58. The van der Waals surface area contributed by atoms with Crippen LogP contribution in [0.15, 0.2) is 377 Å². The Bertz CT molecular complexity index is 6580. The number of rotatable bonds is 10. The lowest BCUT2D eigenvalue weighted by Crippen LogP contribution is -2.11. The minimum absolute atomic E-state index is 0.0148. The molecule has 0 saturated heterocycles. The van der Waals surface area contributed by atoms with Gasteiger partial charge in [-0.25, -0.2) is 0 Å². The summed E-state index contributed by atoms with van der Waals surface area (Å²) in [6, 6.07) is 120. The topological polar surface area (TPSA) is 80.8 Å². The number of nitrogens with zero attached hydrogens (tertiary/aromatic N) is 6. The summed E-state index contributed by atoms with van der Waals surface area (Å²) in [5, 5.41) is 10.6. The van der Waals surface area contributed by atoms with E-state index >= 15 is 0 Å². The van der Waals surface area contributed by atoms with Gasteiger partial charge in [0.15, 0.2) is 11.6 Å². The molecule has 6 heterocycles. The van der Waals surface area contributed by atoms with Gasteiger partial charge in [-0.15, -0.1) is 0 Å². The molecular weight excluding hydrogens is 1250 g/mol. The Morgan fingerprint density at radius 2 is 0.539 bits per heavy atom. The third-order valence-corrected chi connectivity index (χ3v) is 19.6. The van der Waals surface area contributed by atoms with Crippen molar-refractivity contribution >= 4 is 116 Å². The van der Waals surface area contributed by atoms with Crippen molar-refractivity contribution in [3.63, 3.8) is 0 Å². The Hall–Kier alpha value is -13.9. The van der Waals surface area contributed by atoms with Crippen molar-refractivity contribution in [2.24, 2.45) is 0 Å². The van der Waals surface area contributed by atoms with Gasteiger partial charge in [0.05, 0.1) is 49.7 Å². The van der Waals surface area contributed by atoms with Crippen LogP contribution in [-0.2, 0) is 0 Å². The smallest absolute Gasteiger partial charge is 0.262 e. The van der Waals surface area contributed by atoms with Crippen molar-refractivity contribution in [1.82, 2.24) is 27.4 Å². The first-order valence-corrected chi connectivity index (χ1v) is 34.2. The summed E-state index contributed by atoms with van der Waals surface area (Å²) in [6.45, 7) is 0. The molecule has 20 rings (SSSR count). The summed E-state index contributed by atoms with van der Waals surface area (Å²) < 4.78 is 13.2. The van der Waals surface area contributed by atoms with Crippen LogP contribution in [0, 0.1) is 0 Å². The second kappa shape index (κ2) is 25.5. The molecule has 0 amide bonds.